The van der Waals surface area contributed by atoms with Crippen molar-refractivity contribution in [3.63, 3.8) is 0 Å². The second-order valence-corrected chi connectivity index (χ2v) is 6.92. The average Bonchev–Trinajstić information content (AvgIpc) is 3.04. The van der Waals surface area contributed by atoms with Gasteiger partial charge >= 0.3 is 5.97 Å². The van der Waals surface area contributed by atoms with Crippen LogP contribution in [-0.4, -0.2) is 56.9 Å². The summed E-state index contributed by atoms with van der Waals surface area (Å²) in [5, 5.41) is 38.6. The number of ether oxygens (including phenoxy) is 1. The molecule has 1 rings (SSSR count). The van der Waals surface area contributed by atoms with Crippen molar-refractivity contribution in [1.29, 1.82) is 0 Å². The summed E-state index contributed by atoms with van der Waals surface area (Å²) in [5.74, 6) is -0.968. The van der Waals surface area contributed by atoms with E-state index in [1.165, 1.54) is 12.2 Å². The summed E-state index contributed by atoms with van der Waals surface area (Å²) in [7, 11) is 0. The van der Waals surface area contributed by atoms with E-state index in [2.05, 4.69) is 31.2 Å². The number of hydrogen-bond donors (Lipinski definition) is 4. The molecular formula is C22H34O6. The maximum absolute atomic E-state index is 10.5. The van der Waals surface area contributed by atoms with Crippen molar-refractivity contribution in [2.24, 2.45) is 0 Å². The van der Waals surface area contributed by atoms with Crippen molar-refractivity contribution >= 4 is 5.97 Å². The molecule has 0 unspecified atom stereocenters. The number of allylic oxidation sites excluding steroid dienone is 5. The van der Waals surface area contributed by atoms with Gasteiger partial charge in [-0.1, -0.05) is 55.5 Å². The molecule has 1 heterocycles. The Morgan fingerprint density at radius 3 is 2.39 bits per heavy atom. The Morgan fingerprint density at radius 1 is 1.11 bits per heavy atom. The molecule has 28 heavy (non-hydrogen) atoms. The quantitative estimate of drug-likeness (QED) is 0.358. The summed E-state index contributed by atoms with van der Waals surface area (Å²) in [6.45, 7) is 2.10. The van der Waals surface area contributed by atoms with E-state index >= 15 is 0 Å². The Morgan fingerprint density at radius 2 is 1.75 bits per heavy atom. The molecule has 0 amide bonds. The molecule has 6 heteroatoms. The molecule has 0 saturated carbocycles. The SMILES string of the molecule is CC/C=C\C/C=C\C/C=C\C[C@@H](O)[C@@H]1C[C@H](O)[C@@H](/C=C/[C@@H](O)CCC(=O)O)O1. The molecule has 5 atom stereocenters. The highest BCUT2D eigenvalue weighted by atomic mass is 16.5. The summed E-state index contributed by atoms with van der Waals surface area (Å²) in [5.41, 5.74) is 0. The Labute approximate surface area is 167 Å². The first-order valence-electron chi connectivity index (χ1n) is 9.98. The fourth-order valence-electron chi connectivity index (χ4n) is 2.84. The number of carbonyl (C=O) groups is 1. The van der Waals surface area contributed by atoms with Crippen LogP contribution in [0.3, 0.4) is 0 Å². The van der Waals surface area contributed by atoms with Crippen LogP contribution in [0.5, 0.6) is 0 Å². The zero-order valence-electron chi connectivity index (χ0n) is 16.6. The minimum absolute atomic E-state index is 0.106. The van der Waals surface area contributed by atoms with Gasteiger partial charge in [0.15, 0.2) is 0 Å². The fourth-order valence-corrected chi connectivity index (χ4v) is 2.84. The topological polar surface area (TPSA) is 107 Å². The van der Waals surface area contributed by atoms with Crippen molar-refractivity contribution in [2.45, 2.75) is 82.4 Å². The molecule has 1 aliphatic rings. The Kier molecular flexibility index (Phi) is 12.4. The standard InChI is InChI=1S/C22H34O6/c1-2-3-4-5-6-7-8-9-10-11-18(24)21-16-19(25)20(28-21)14-12-17(23)13-15-22(26)27/h3-4,6-7,9-10,12,14,17-21,23-25H,2,5,8,11,13,15-16H2,1H3,(H,26,27)/b4-3-,7-6-,10-9-,14-12+/t17-,18-,19+,20-,21+/m1/s1. The molecule has 0 radical (unpaired) electrons. The van der Waals surface area contributed by atoms with E-state index < -0.39 is 36.5 Å². The van der Waals surface area contributed by atoms with Crippen LogP contribution in [0.2, 0.25) is 0 Å². The predicted molar refractivity (Wildman–Crippen MR) is 109 cm³/mol. The van der Waals surface area contributed by atoms with Gasteiger partial charge in [-0.25, -0.2) is 0 Å². The molecule has 0 bridgehead atoms. The summed E-state index contributed by atoms with van der Waals surface area (Å²) < 4.78 is 5.67. The van der Waals surface area contributed by atoms with Crippen molar-refractivity contribution < 1.29 is 30.0 Å². The van der Waals surface area contributed by atoms with E-state index in [9.17, 15) is 20.1 Å². The molecule has 1 saturated heterocycles. The van der Waals surface area contributed by atoms with E-state index in [0.717, 1.165) is 19.3 Å². The Hall–Kier alpha value is -1.73. The van der Waals surface area contributed by atoms with Crippen LogP contribution in [0.25, 0.3) is 0 Å². The van der Waals surface area contributed by atoms with Gasteiger partial charge in [-0.05, 0) is 32.1 Å². The normalized spacial score (nSPS) is 25.5. The van der Waals surface area contributed by atoms with Crippen molar-refractivity contribution in [3.8, 4) is 0 Å². The van der Waals surface area contributed by atoms with Gasteiger partial charge in [0.05, 0.1) is 24.4 Å². The summed E-state index contributed by atoms with van der Waals surface area (Å²) in [6, 6.07) is 0. The first-order valence-corrected chi connectivity index (χ1v) is 9.98. The number of rotatable bonds is 13. The number of aliphatic hydroxyl groups is 3. The van der Waals surface area contributed by atoms with Gasteiger partial charge in [-0.3, -0.25) is 4.79 Å². The number of carboxylic acid groups (broad SMARTS) is 1. The molecule has 6 nitrogen and oxygen atoms in total. The lowest BCUT2D eigenvalue weighted by Gasteiger charge is -2.16. The van der Waals surface area contributed by atoms with Gasteiger partial charge in [0.2, 0.25) is 0 Å². The zero-order chi connectivity index (χ0) is 20.8. The summed E-state index contributed by atoms with van der Waals surface area (Å²) >= 11 is 0. The zero-order valence-corrected chi connectivity index (χ0v) is 16.6. The minimum Gasteiger partial charge on any atom is -0.481 e. The van der Waals surface area contributed by atoms with Crippen molar-refractivity contribution in [1.82, 2.24) is 0 Å². The summed E-state index contributed by atoms with van der Waals surface area (Å²) in [6.07, 6.45) is 15.4. The van der Waals surface area contributed by atoms with E-state index in [1.54, 1.807) is 0 Å². The minimum atomic E-state index is -0.968. The third kappa shape index (κ3) is 10.6. The largest absolute Gasteiger partial charge is 0.481 e. The van der Waals surface area contributed by atoms with Gasteiger partial charge in [0.25, 0.3) is 0 Å². The first kappa shape index (κ1) is 24.3. The van der Waals surface area contributed by atoms with Crippen LogP contribution in [-0.2, 0) is 9.53 Å². The van der Waals surface area contributed by atoms with Gasteiger partial charge in [-0.2, -0.15) is 0 Å². The monoisotopic (exact) mass is 394 g/mol. The van der Waals surface area contributed by atoms with Crippen LogP contribution in [0, 0.1) is 0 Å². The molecular weight excluding hydrogens is 360 g/mol. The highest BCUT2D eigenvalue weighted by Gasteiger charge is 2.35. The van der Waals surface area contributed by atoms with E-state index in [1.807, 2.05) is 12.2 Å². The second kappa shape index (κ2) is 14.3. The third-order valence-electron chi connectivity index (χ3n) is 4.45. The second-order valence-electron chi connectivity index (χ2n) is 6.92. The smallest absolute Gasteiger partial charge is 0.303 e. The number of aliphatic hydroxyl groups excluding tert-OH is 3. The molecule has 0 aromatic heterocycles. The molecule has 0 aromatic carbocycles. The van der Waals surface area contributed by atoms with Crippen LogP contribution >= 0.6 is 0 Å². The van der Waals surface area contributed by atoms with E-state index in [4.69, 9.17) is 9.84 Å². The lowest BCUT2D eigenvalue weighted by atomic mass is 10.0. The lowest BCUT2D eigenvalue weighted by molar-refractivity contribution is -0.137. The molecule has 1 aliphatic heterocycles. The fraction of sp³-hybridized carbons (Fsp3) is 0.591. The van der Waals surface area contributed by atoms with Crippen LogP contribution in [0.1, 0.15) is 51.9 Å². The first-order chi connectivity index (χ1) is 13.4. The van der Waals surface area contributed by atoms with Gasteiger partial charge in [0.1, 0.15) is 6.10 Å². The van der Waals surface area contributed by atoms with Crippen molar-refractivity contribution in [2.75, 3.05) is 0 Å². The van der Waals surface area contributed by atoms with Gasteiger partial charge in [-0.15, -0.1) is 0 Å². The Bertz CT molecular complexity index is 551. The van der Waals surface area contributed by atoms with Gasteiger partial charge in [0, 0.05) is 12.8 Å². The lowest BCUT2D eigenvalue weighted by Crippen LogP contribution is -2.25. The molecule has 4 N–H and O–H groups in total. The maximum atomic E-state index is 10.5. The number of carboxylic acids is 1. The van der Waals surface area contributed by atoms with Gasteiger partial charge < -0.3 is 25.2 Å². The van der Waals surface area contributed by atoms with Crippen molar-refractivity contribution in [3.05, 3.63) is 48.6 Å². The summed E-state index contributed by atoms with van der Waals surface area (Å²) in [4.78, 5) is 10.5. The van der Waals surface area contributed by atoms with E-state index in [0.29, 0.717) is 12.8 Å². The van der Waals surface area contributed by atoms with Crippen LogP contribution in [0.15, 0.2) is 48.6 Å². The highest BCUT2D eigenvalue weighted by Crippen LogP contribution is 2.25. The third-order valence-corrected chi connectivity index (χ3v) is 4.45. The Balaban J connectivity index is 2.31. The molecule has 1 fully saturated rings. The molecule has 158 valence electrons. The number of aliphatic carboxylic acids is 1. The van der Waals surface area contributed by atoms with Crippen LogP contribution < -0.4 is 0 Å². The van der Waals surface area contributed by atoms with Crippen LogP contribution in [0.4, 0.5) is 0 Å². The average molecular weight is 395 g/mol. The highest BCUT2D eigenvalue weighted by molar-refractivity contribution is 5.66. The maximum Gasteiger partial charge on any atom is 0.303 e. The van der Waals surface area contributed by atoms with E-state index in [-0.39, 0.29) is 12.8 Å². The molecule has 0 aliphatic carbocycles. The molecule has 0 spiro atoms. The molecule has 0 aromatic rings. The predicted octanol–water partition coefficient (Wildman–Crippen LogP) is 2.90. The number of hydrogen-bond acceptors (Lipinski definition) is 5.